The zero-order valence-electron chi connectivity index (χ0n) is 9.32. The first kappa shape index (κ1) is 11.7. The van der Waals surface area contributed by atoms with Crippen LogP contribution in [0.25, 0.3) is 0 Å². The zero-order chi connectivity index (χ0) is 11.3. The van der Waals surface area contributed by atoms with Gasteiger partial charge in [-0.1, -0.05) is 0 Å². The molecule has 1 aromatic heterocycles. The fourth-order valence-corrected chi connectivity index (χ4v) is 1.22. The molecule has 1 aromatic rings. The predicted octanol–water partition coefficient (Wildman–Crippen LogP) is 0.976. The van der Waals surface area contributed by atoms with E-state index in [1.807, 2.05) is 6.92 Å². The lowest BCUT2D eigenvalue weighted by molar-refractivity contribution is 0.188. The van der Waals surface area contributed by atoms with E-state index < -0.39 is 0 Å². The third-order valence-electron chi connectivity index (χ3n) is 2.09. The van der Waals surface area contributed by atoms with Crippen molar-refractivity contribution in [2.75, 3.05) is 19.0 Å². The summed E-state index contributed by atoms with van der Waals surface area (Å²) in [5.74, 6) is 1.33. The predicted molar refractivity (Wildman–Crippen MR) is 58.1 cm³/mol. The van der Waals surface area contributed by atoms with E-state index in [9.17, 15) is 0 Å². The van der Waals surface area contributed by atoms with Gasteiger partial charge in [-0.3, -0.25) is 0 Å². The monoisotopic (exact) mass is 211 g/mol. The van der Waals surface area contributed by atoms with Crippen molar-refractivity contribution in [3.05, 3.63) is 11.9 Å². The van der Waals surface area contributed by atoms with Gasteiger partial charge in [0.2, 0.25) is 5.88 Å². The lowest BCUT2D eigenvalue weighted by Crippen LogP contribution is -2.11. The molecule has 0 aliphatic carbocycles. The van der Waals surface area contributed by atoms with Crippen molar-refractivity contribution in [2.45, 2.75) is 26.4 Å². The molecule has 0 saturated heterocycles. The van der Waals surface area contributed by atoms with E-state index in [4.69, 9.17) is 9.84 Å². The quantitative estimate of drug-likeness (QED) is 0.759. The highest BCUT2D eigenvalue weighted by Gasteiger charge is 2.06. The molecule has 84 valence electrons. The van der Waals surface area contributed by atoms with E-state index in [-0.39, 0.29) is 6.10 Å². The topological polar surface area (TPSA) is 67.3 Å². The van der Waals surface area contributed by atoms with Gasteiger partial charge in [-0.2, -0.15) is 0 Å². The Morgan fingerprint density at radius 2 is 2.27 bits per heavy atom. The Morgan fingerprint density at radius 3 is 2.87 bits per heavy atom. The van der Waals surface area contributed by atoms with Crippen LogP contribution in [0.4, 0.5) is 5.82 Å². The van der Waals surface area contributed by atoms with Crippen molar-refractivity contribution in [3.63, 3.8) is 0 Å². The highest BCUT2D eigenvalue weighted by molar-refractivity contribution is 5.47. The molecule has 15 heavy (non-hydrogen) atoms. The Hall–Kier alpha value is -1.36. The van der Waals surface area contributed by atoms with Gasteiger partial charge in [0.25, 0.3) is 0 Å². The van der Waals surface area contributed by atoms with Crippen LogP contribution < -0.4 is 10.1 Å². The molecule has 0 saturated carbocycles. The van der Waals surface area contributed by atoms with Crippen LogP contribution in [-0.4, -0.2) is 34.8 Å². The van der Waals surface area contributed by atoms with Crippen LogP contribution in [0.3, 0.4) is 0 Å². The summed E-state index contributed by atoms with van der Waals surface area (Å²) < 4.78 is 5.07. The number of hydrogen-bond donors (Lipinski definition) is 2. The number of methoxy groups -OCH3 is 1. The number of ether oxygens (including phenoxy) is 1. The summed E-state index contributed by atoms with van der Waals surface area (Å²) >= 11 is 0. The van der Waals surface area contributed by atoms with E-state index in [1.54, 1.807) is 14.0 Å². The number of hydrogen-bond acceptors (Lipinski definition) is 5. The van der Waals surface area contributed by atoms with E-state index in [0.29, 0.717) is 18.8 Å². The molecule has 5 heteroatoms. The molecule has 0 spiro atoms. The largest absolute Gasteiger partial charge is 0.481 e. The van der Waals surface area contributed by atoms with Crippen LogP contribution >= 0.6 is 0 Å². The highest BCUT2D eigenvalue weighted by atomic mass is 16.5. The van der Waals surface area contributed by atoms with Crippen LogP contribution in [0.1, 0.15) is 18.9 Å². The summed E-state index contributed by atoms with van der Waals surface area (Å²) in [6.07, 6.45) is 1.84. The van der Waals surface area contributed by atoms with Gasteiger partial charge in [0.15, 0.2) is 0 Å². The van der Waals surface area contributed by atoms with Gasteiger partial charge in [-0.25, -0.2) is 9.97 Å². The first-order chi connectivity index (χ1) is 7.15. The molecule has 0 fully saturated rings. The van der Waals surface area contributed by atoms with Gasteiger partial charge in [0.05, 0.1) is 18.8 Å². The number of rotatable bonds is 5. The Bertz CT molecular complexity index is 316. The summed E-state index contributed by atoms with van der Waals surface area (Å²) in [5.41, 5.74) is 0.880. The molecule has 5 nitrogen and oxygen atoms in total. The normalized spacial score (nSPS) is 12.3. The van der Waals surface area contributed by atoms with Crippen molar-refractivity contribution in [1.82, 2.24) is 9.97 Å². The molecule has 1 atom stereocenters. The van der Waals surface area contributed by atoms with Gasteiger partial charge in [-0.15, -0.1) is 0 Å². The van der Waals surface area contributed by atoms with Crippen LogP contribution in [-0.2, 0) is 0 Å². The Morgan fingerprint density at radius 1 is 1.53 bits per heavy atom. The fourth-order valence-electron chi connectivity index (χ4n) is 1.22. The van der Waals surface area contributed by atoms with Crippen molar-refractivity contribution >= 4 is 5.82 Å². The number of nitrogens with one attached hydrogen (secondary N) is 1. The molecule has 1 heterocycles. The molecule has 0 aromatic carbocycles. The first-order valence-electron chi connectivity index (χ1n) is 4.92. The van der Waals surface area contributed by atoms with E-state index >= 15 is 0 Å². The van der Waals surface area contributed by atoms with Crippen molar-refractivity contribution in [2.24, 2.45) is 0 Å². The van der Waals surface area contributed by atoms with Gasteiger partial charge in [0.1, 0.15) is 12.1 Å². The van der Waals surface area contributed by atoms with Crippen molar-refractivity contribution in [1.29, 1.82) is 0 Å². The molecule has 1 unspecified atom stereocenters. The minimum atomic E-state index is -0.304. The molecular weight excluding hydrogens is 194 g/mol. The minimum absolute atomic E-state index is 0.304. The average molecular weight is 211 g/mol. The number of aromatic nitrogens is 2. The second-order valence-corrected chi connectivity index (χ2v) is 3.42. The SMILES string of the molecule is COc1ncnc(NCCC(C)O)c1C. The second-order valence-electron chi connectivity index (χ2n) is 3.42. The molecule has 0 radical (unpaired) electrons. The minimum Gasteiger partial charge on any atom is -0.481 e. The summed E-state index contributed by atoms with van der Waals surface area (Å²) in [6, 6.07) is 0. The fraction of sp³-hybridized carbons (Fsp3) is 0.600. The number of nitrogens with zero attached hydrogens (tertiary/aromatic N) is 2. The third kappa shape index (κ3) is 3.36. The molecule has 0 aliphatic heterocycles. The lowest BCUT2D eigenvalue weighted by atomic mass is 10.2. The van der Waals surface area contributed by atoms with Crippen molar-refractivity contribution in [3.8, 4) is 5.88 Å². The van der Waals surface area contributed by atoms with Crippen LogP contribution in [0.5, 0.6) is 5.88 Å². The summed E-state index contributed by atoms with van der Waals surface area (Å²) in [4.78, 5) is 8.08. The Kier molecular flexibility index (Phi) is 4.30. The molecular formula is C10H17N3O2. The molecule has 0 aliphatic rings. The highest BCUT2D eigenvalue weighted by Crippen LogP contribution is 2.19. The molecule has 1 rings (SSSR count). The summed E-state index contributed by atoms with van der Waals surface area (Å²) in [6.45, 7) is 4.33. The van der Waals surface area contributed by atoms with E-state index in [2.05, 4.69) is 15.3 Å². The van der Waals surface area contributed by atoms with Crippen LogP contribution in [0, 0.1) is 6.92 Å². The maximum absolute atomic E-state index is 9.10. The standard InChI is InChI=1S/C10H17N3O2/c1-7(14)4-5-11-9-8(2)10(15-3)13-6-12-9/h6-7,14H,4-5H2,1-3H3,(H,11,12,13). The van der Waals surface area contributed by atoms with Gasteiger partial charge in [0, 0.05) is 6.54 Å². The zero-order valence-corrected chi connectivity index (χ0v) is 9.32. The Labute approximate surface area is 89.5 Å². The molecule has 0 amide bonds. The number of aliphatic hydroxyl groups excluding tert-OH is 1. The lowest BCUT2D eigenvalue weighted by Gasteiger charge is -2.10. The second kappa shape index (κ2) is 5.50. The molecule has 2 N–H and O–H groups in total. The van der Waals surface area contributed by atoms with E-state index in [1.165, 1.54) is 6.33 Å². The van der Waals surface area contributed by atoms with Crippen molar-refractivity contribution < 1.29 is 9.84 Å². The van der Waals surface area contributed by atoms with Gasteiger partial charge >= 0.3 is 0 Å². The maximum Gasteiger partial charge on any atom is 0.221 e. The first-order valence-corrected chi connectivity index (χ1v) is 4.92. The smallest absolute Gasteiger partial charge is 0.221 e. The number of anilines is 1. The van der Waals surface area contributed by atoms with Crippen LogP contribution in [0.15, 0.2) is 6.33 Å². The van der Waals surface area contributed by atoms with Crippen LogP contribution in [0.2, 0.25) is 0 Å². The van der Waals surface area contributed by atoms with E-state index in [0.717, 1.165) is 11.4 Å². The van der Waals surface area contributed by atoms with Gasteiger partial charge < -0.3 is 15.2 Å². The Balaban J connectivity index is 2.61. The molecule has 0 bridgehead atoms. The van der Waals surface area contributed by atoms with Gasteiger partial charge in [-0.05, 0) is 20.3 Å². The maximum atomic E-state index is 9.10. The third-order valence-corrected chi connectivity index (χ3v) is 2.09. The summed E-state index contributed by atoms with van der Waals surface area (Å²) in [5, 5.41) is 12.2. The number of aliphatic hydroxyl groups is 1. The summed E-state index contributed by atoms with van der Waals surface area (Å²) in [7, 11) is 1.58. The average Bonchev–Trinajstić information content (AvgIpc) is 2.20.